The van der Waals surface area contributed by atoms with Crippen LogP contribution in [0.4, 0.5) is 10.2 Å². The van der Waals surface area contributed by atoms with E-state index in [0.29, 0.717) is 36.6 Å². The average molecular weight is 351 g/mol. The quantitative estimate of drug-likeness (QED) is 0.840. The molecule has 3 rings (SSSR count). The van der Waals surface area contributed by atoms with Gasteiger partial charge in [0.2, 0.25) is 0 Å². The van der Waals surface area contributed by atoms with Crippen LogP contribution in [-0.2, 0) is 4.74 Å². The number of halogens is 2. The van der Waals surface area contributed by atoms with Crippen LogP contribution in [0.3, 0.4) is 0 Å². The minimum Gasteiger partial charge on any atom is -0.379 e. The van der Waals surface area contributed by atoms with Gasteiger partial charge >= 0.3 is 0 Å². The van der Waals surface area contributed by atoms with Crippen LogP contribution in [0, 0.1) is 12.7 Å². The fraction of sp³-hybridized carbons (Fsp3) is 0.412. The smallest absolute Gasteiger partial charge is 0.134 e. The van der Waals surface area contributed by atoms with Gasteiger partial charge in [-0.3, -0.25) is 4.90 Å². The highest BCUT2D eigenvalue weighted by atomic mass is 35.5. The lowest BCUT2D eigenvalue weighted by molar-refractivity contribution is 0.0186. The highest BCUT2D eigenvalue weighted by Gasteiger charge is 2.23. The third-order valence-electron chi connectivity index (χ3n) is 4.00. The predicted octanol–water partition coefficient (Wildman–Crippen LogP) is 3.06. The summed E-state index contributed by atoms with van der Waals surface area (Å²) in [6.07, 6.45) is 0. The van der Waals surface area contributed by atoms with Crippen LogP contribution in [0.5, 0.6) is 0 Å². The lowest BCUT2D eigenvalue weighted by Crippen LogP contribution is -2.41. The molecule has 1 N–H and O–H groups in total. The molecule has 5 nitrogen and oxygen atoms in total. The number of anilines is 1. The SMILES string of the molecule is Cc1nc(Cl)cc(NCC(c2cccc(F)c2)N2CCOCC2)n1. The minimum absolute atomic E-state index is 0.0265. The van der Waals surface area contributed by atoms with Crippen LogP contribution in [-0.4, -0.2) is 47.7 Å². The normalized spacial score (nSPS) is 16.8. The molecule has 1 aromatic carbocycles. The molecule has 1 unspecified atom stereocenters. The Morgan fingerprint density at radius 1 is 1.29 bits per heavy atom. The van der Waals surface area contributed by atoms with Crippen molar-refractivity contribution in [1.82, 2.24) is 14.9 Å². The molecule has 0 bridgehead atoms. The van der Waals surface area contributed by atoms with Gasteiger partial charge in [-0.1, -0.05) is 23.7 Å². The van der Waals surface area contributed by atoms with Crippen LogP contribution < -0.4 is 5.32 Å². The van der Waals surface area contributed by atoms with Gasteiger partial charge in [-0.05, 0) is 24.6 Å². The maximum absolute atomic E-state index is 13.7. The van der Waals surface area contributed by atoms with Gasteiger partial charge in [-0.2, -0.15) is 0 Å². The zero-order valence-electron chi connectivity index (χ0n) is 13.5. The second-order valence-corrected chi connectivity index (χ2v) is 6.11. The standard InChI is InChI=1S/C17H20ClFN4O/c1-12-21-16(18)10-17(22-12)20-11-15(23-5-7-24-8-6-23)13-3-2-4-14(19)9-13/h2-4,9-10,15H,5-8,11H2,1H3,(H,20,21,22). The Kier molecular flexibility index (Phi) is 5.60. The van der Waals surface area contributed by atoms with Crippen molar-refractivity contribution in [3.05, 3.63) is 52.7 Å². The Morgan fingerprint density at radius 2 is 2.08 bits per heavy atom. The van der Waals surface area contributed by atoms with Gasteiger partial charge < -0.3 is 10.1 Å². The molecule has 0 radical (unpaired) electrons. The van der Waals surface area contributed by atoms with E-state index in [-0.39, 0.29) is 11.9 Å². The maximum Gasteiger partial charge on any atom is 0.134 e. The summed E-state index contributed by atoms with van der Waals surface area (Å²) in [6.45, 7) is 5.38. The Morgan fingerprint density at radius 3 is 2.79 bits per heavy atom. The number of rotatable bonds is 5. The molecule has 1 aromatic heterocycles. The first-order chi connectivity index (χ1) is 11.6. The highest BCUT2D eigenvalue weighted by Crippen LogP contribution is 2.23. The summed E-state index contributed by atoms with van der Waals surface area (Å²) in [5.41, 5.74) is 0.932. The van der Waals surface area contributed by atoms with E-state index in [1.807, 2.05) is 6.07 Å². The zero-order chi connectivity index (χ0) is 16.9. The number of ether oxygens (including phenoxy) is 1. The molecule has 7 heteroatoms. The van der Waals surface area contributed by atoms with Crippen molar-refractivity contribution in [2.75, 3.05) is 38.2 Å². The van der Waals surface area contributed by atoms with Gasteiger partial charge in [0.15, 0.2) is 0 Å². The van der Waals surface area contributed by atoms with E-state index in [4.69, 9.17) is 16.3 Å². The molecule has 0 amide bonds. The third kappa shape index (κ3) is 4.41. The Hall–Kier alpha value is -1.76. The molecular weight excluding hydrogens is 331 g/mol. The number of morpholine rings is 1. The fourth-order valence-electron chi connectivity index (χ4n) is 2.88. The zero-order valence-corrected chi connectivity index (χ0v) is 14.3. The van der Waals surface area contributed by atoms with Crippen LogP contribution in [0.15, 0.2) is 30.3 Å². The number of nitrogens with zero attached hydrogens (tertiary/aromatic N) is 3. The van der Waals surface area contributed by atoms with E-state index < -0.39 is 0 Å². The molecule has 0 spiro atoms. The van der Waals surface area contributed by atoms with Gasteiger partial charge in [0.1, 0.15) is 22.6 Å². The number of hydrogen-bond acceptors (Lipinski definition) is 5. The number of hydrogen-bond donors (Lipinski definition) is 1. The third-order valence-corrected chi connectivity index (χ3v) is 4.20. The molecule has 2 aromatic rings. The van der Waals surface area contributed by atoms with Crippen molar-refractivity contribution >= 4 is 17.4 Å². The molecular formula is C17H20ClFN4O. The topological polar surface area (TPSA) is 50.3 Å². The highest BCUT2D eigenvalue weighted by molar-refractivity contribution is 6.29. The van der Waals surface area contributed by atoms with Gasteiger partial charge in [-0.15, -0.1) is 0 Å². The minimum atomic E-state index is -0.230. The molecule has 1 saturated heterocycles. The summed E-state index contributed by atoms with van der Waals surface area (Å²) < 4.78 is 19.1. The number of benzene rings is 1. The maximum atomic E-state index is 13.7. The lowest BCUT2D eigenvalue weighted by Gasteiger charge is -2.35. The van der Waals surface area contributed by atoms with Crippen LogP contribution in [0.25, 0.3) is 0 Å². The summed E-state index contributed by atoms with van der Waals surface area (Å²) in [5.74, 6) is 1.05. The summed E-state index contributed by atoms with van der Waals surface area (Å²) in [7, 11) is 0. The van der Waals surface area contributed by atoms with Crippen molar-refractivity contribution in [3.63, 3.8) is 0 Å². The second-order valence-electron chi connectivity index (χ2n) is 5.72. The van der Waals surface area contributed by atoms with Gasteiger partial charge in [0, 0.05) is 25.7 Å². The average Bonchev–Trinajstić information content (AvgIpc) is 2.55. The fourth-order valence-corrected chi connectivity index (χ4v) is 3.11. The summed E-state index contributed by atoms with van der Waals surface area (Å²) in [6, 6.07) is 8.45. The van der Waals surface area contributed by atoms with Crippen LogP contribution >= 0.6 is 11.6 Å². The van der Waals surface area contributed by atoms with Gasteiger partial charge in [0.05, 0.1) is 19.3 Å². The first-order valence-electron chi connectivity index (χ1n) is 7.94. The Balaban J connectivity index is 1.78. The molecule has 1 atom stereocenters. The van der Waals surface area contributed by atoms with Crippen molar-refractivity contribution in [3.8, 4) is 0 Å². The van der Waals surface area contributed by atoms with Crippen molar-refractivity contribution < 1.29 is 9.13 Å². The summed E-state index contributed by atoms with van der Waals surface area (Å²) >= 11 is 5.98. The first kappa shape index (κ1) is 17.1. The number of nitrogens with one attached hydrogen (secondary N) is 1. The van der Waals surface area contributed by atoms with E-state index in [0.717, 1.165) is 18.7 Å². The summed E-state index contributed by atoms with van der Waals surface area (Å²) in [5, 5.41) is 3.70. The lowest BCUT2D eigenvalue weighted by atomic mass is 10.0. The molecule has 0 aliphatic carbocycles. The monoisotopic (exact) mass is 350 g/mol. The van der Waals surface area contributed by atoms with Crippen molar-refractivity contribution in [1.29, 1.82) is 0 Å². The van der Waals surface area contributed by atoms with E-state index in [9.17, 15) is 4.39 Å². The van der Waals surface area contributed by atoms with E-state index in [1.165, 1.54) is 6.07 Å². The van der Waals surface area contributed by atoms with Gasteiger partial charge in [0.25, 0.3) is 0 Å². The van der Waals surface area contributed by atoms with Crippen LogP contribution in [0.2, 0.25) is 5.15 Å². The largest absolute Gasteiger partial charge is 0.379 e. The molecule has 2 heterocycles. The predicted molar refractivity (Wildman–Crippen MR) is 91.8 cm³/mol. The van der Waals surface area contributed by atoms with E-state index in [2.05, 4.69) is 20.2 Å². The van der Waals surface area contributed by atoms with E-state index >= 15 is 0 Å². The van der Waals surface area contributed by atoms with Gasteiger partial charge in [-0.25, -0.2) is 14.4 Å². The second kappa shape index (κ2) is 7.88. The Labute approximate surface area is 145 Å². The molecule has 1 aliphatic rings. The van der Waals surface area contributed by atoms with Crippen molar-refractivity contribution in [2.45, 2.75) is 13.0 Å². The molecule has 128 valence electrons. The molecule has 24 heavy (non-hydrogen) atoms. The van der Waals surface area contributed by atoms with Crippen LogP contribution in [0.1, 0.15) is 17.4 Å². The van der Waals surface area contributed by atoms with Crippen molar-refractivity contribution in [2.24, 2.45) is 0 Å². The molecule has 1 fully saturated rings. The summed E-state index contributed by atoms with van der Waals surface area (Å²) in [4.78, 5) is 10.7. The number of aromatic nitrogens is 2. The molecule has 0 saturated carbocycles. The molecule has 1 aliphatic heterocycles. The number of aryl methyl sites for hydroxylation is 1. The van der Waals surface area contributed by atoms with E-state index in [1.54, 1.807) is 25.1 Å². The first-order valence-corrected chi connectivity index (χ1v) is 8.32. The Bertz CT molecular complexity index is 674.